The summed E-state index contributed by atoms with van der Waals surface area (Å²) in [5, 5.41) is 15.6. The van der Waals surface area contributed by atoms with Crippen molar-refractivity contribution in [3.63, 3.8) is 0 Å². The van der Waals surface area contributed by atoms with Gasteiger partial charge in [-0.1, -0.05) is 11.6 Å². The van der Waals surface area contributed by atoms with Gasteiger partial charge in [-0.3, -0.25) is 14.4 Å². The standard InChI is InChI=1S/C21H15Cl3F2N4O3/c1-9(8-27)18(31)30-17-14(25)4-5-15(16(17)26)29-19(32)11-6-10(2-3-13(11)22)28-20(33)12-7-21(12,23)24/h2-6,9,12H,7H2,1H3,(H,28,33)(H,29,32)(H,30,31). The minimum Gasteiger partial charge on any atom is -0.326 e. The third-order valence-corrected chi connectivity index (χ3v) is 5.96. The molecule has 0 aromatic heterocycles. The molecule has 2 aromatic rings. The molecule has 0 saturated heterocycles. The van der Waals surface area contributed by atoms with Crippen LogP contribution in [0.15, 0.2) is 30.3 Å². The van der Waals surface area contributed by atoms with Crippen LogP contribution in [0, 0.1) is 34.8 Å². The lowest BCUT2D eigenvalue weighted by Crippen LogP contribution is -2.21. The molecule has 1 aliphatic rings. The molecule has 0 bridgehead atoms. The van der Waals surface area contributed by atoms with Crippen LogP contribution >= 0.6 is 34.8 Å². The van der Waals surface area contributed by atoms with Crippen molar-refractivity contribution in [3.8, 4) is 6.07 Å². The number of halogens is 5. The van der Waals surface area contributed by atoms with E-state index in [0.29, 0.717) is 6.42 Å². The van der Waals surface area contributed by atoms with Gasteiger partial charge in [-0.05, 0) is 43.7 Å². The molecule has 0 aliphatic heterocycles. The number of nitrogens with zero attached hydrogens (tertiary/aromatic N) is 1. The molecule has 1 fully saturated rings. The molecule has 2 aromatic carbocycles. The molecule has 2 unspecified atom stereocenters. The van der Waals surface area contributed by atoms with Crippen molar-refractivity contribution in [2.75, 3.05) is 16.0 Å². The summed E-state index contributed by atoms with van der Waals surface area (Å²) in [5.74, 6) is -6.32. The minimum absolute atomic E-state index is 0.000143. The zero-order valence-electron chi connectivity index (χ0n) is 16.8. The number of benzene rings is 2. The molecular formula is C21H15Cl3F2N4O3. The molecular weight excluding hydrogens is 501 g/mol. The van der Waals surface area contributed by atoms with Gasteiger partial charge in [-0.25, -0.2) is 8.78 Å². The van der Waals surface area contributed by atoms with Gasteiger partial charge in [0.1, 0.15) is 21.8 Å². The monoisotopic (exact) mass is 514 g/mol. The topological polar surface area (TPSA) is 111 Å². The molecule has 1 aliphatic carbocycles. The Balaban J connectivity index is 1.80. The Morgan fingerprint density at radius 3 is 2.42 bits per heavy atom. The lowest BCUT2D eigenvalue weighted by atomic mass is 10.1. The summed E-state index contributed by atoms with van der Waals surface area (Å²) in [5.41, 5.74) is -1.15. The van der Waals surface area contributed by atoms with Crippen molar-refractivity contribution in [3.05, 3.63) is 52.6 Å². The first-order valence-corrected chi connectivity index (χ1v) is 10.6. The van der Waals surface area contributed by atoms with Gasteiger partial charge < -0.3 is 16.0 Å². The first-order chi connectivity index (χ1) is 15.4. The average molecular weight is 516 g/mol. The number of amides is 3. The maximum atomic E-state index is 14.8. The molecule has 172 valence electrons. The highest BCUT2D eigenvalue weighted by molar-refractivity contribution is 6.52. The Morgan fingerprint density at radius 2 is 1.82 bits per heavy atom. The molecule has 0 radical (unpaired) electrons. The van der Waals surface area contributed by atoms with Crippen molar-refractivity contribution in [2.45, 2.75) is 17.7 Å². The smallest absolute Gasteiger partial charge is 0.257 e. The second kappa shape index (κ2) is 9.51. The number of nitrogens with one attached hydrogen (secondary N) is 3. The lowest BCUT2D eigenvalue weighted by molar-refractivity contribution is -0.118. The SMILES string of the molecule is CC(C#N)C(=O)Nc1c(F)ccc(NC(=O)c2cc(NC(=O)C3CC3(Cl)Cl)ccc2Cl)c1F. The van der Waals surface area contributed by atoms with E-state index in [0.717, 1.165) is 12.1 Å². The fraction of sp³-hybridized carbons (Fsp3) is 0.238. The van der Waals surface area contributed by atoms with E-state index in [4.69, 9.17) is 40.1 Å². The summed E-state index contributed by atoms with van der Waals surface area (Å²) >= 11 is 17.8. The Labute approximate surface area is 202 Å². The molecule has 12 heteroatoms. The van der Waals surface area contributed by atoms with E-state index in [1.165, 1.54) is 25.1 Å². The summed E-state index contributed by atoms with van der Waals surface area (Å²) in [7, 11) is 0. The molecule has 7 nitrogen and oxygen atoms in total. The maximum absolute atomic E-state index is 14.8. The fourth-order valence-corrected chi connectivity index (χ4v) is 3.46. The third kappa shape index (κ3) is 5.53. The molecule has 1 saturated carbocycles. The first kappa shape index (κ1) is 24.7. The van der Waals surface area contributed by atoms with E-state index in [1.807, 2.05) is 5.32 Å². The van der Waals surface area contributed by atoms with E-state index in [1.54, 1.807) is 6.07 Å². The van der Waals surface area contributed by atoms with E-state index >= 15 is 0 Å². The second-order valence-electron chi connectivity index (χ2n) is 7.28. The highest BCUT2D eigenvalue weighted by Gasteiger charge is 2.56. The number of rotatable bonds is 6. The zero-order valence-corrected chi connectivity index (χ0v) is 19.1. The Bertz CT molecular complexity index is 1200. The molecule has 0 spiro atoms. The highest BCUT2D eigenvalue weighted by Crippen LogP contribution is 2.53. The van der Waals surface area contributed by atoms with Crippen LogP contribution in [-0.2, 0) is 9.59 Å². The van der Waals surface area contributed by atoms with Gasteiger partial charge in [0, 0.05) is 5.69 Å². The van der Waals surface area contributed by atoms with E-state index < -0.39 is 56.9 Å². The van der Waals surface area contributed by atoms with Crippen LogP contribution in [0.25, 0.3) is 0 Å². The van der Waals surface area contributed by atoms with Gasteiger partial charge in [0.05, 0.1) is 28.3 Å². The summed E-state index contributed by atoms with van der Waals surface area (Å²) in [6.07, 6.45) is 0.290. The maximum Gasteiger partial charge on any atom is 0.257 e. The van der Waals surface area contributed by atoms with Crippen LogP contribution in [0.5, 0.6) is 0 Å². The van der Waals surface area contributed by atoms with Gasteiger partial charge in [0.15, 0.2) is 5.82 Å². The van der Waals surface area contributed by atoms with Crippen molar-refractivity contribution in [1.29, 1.82) is 5.26 Å². The predicted octanol–water partition coefficient (Wildman–Crippen LogP) is 5.10. The van der Waals surface area contributed by atoms with Crippen LogP contribution in [0.3, 0.4) is 0 Å². The van der Waals surface area contributed by atoms with Crippen molar-refractivity contribution in [1.82, 2.24) is 0 Å². The number of carbonyl (C=O) groups excluding carboxylic acids is 3. The van der Waals surface area contributed by atoms with Crippen LogP contribution in [0.4, 0.5) is 25.8 Å². The van der Waals surface area contributed by atoms with Crippen molar-refractivity contribution in [2.24, 2.45) is 11.8 Å². The second-order valence-corrected chi connectivity index (χ2v) is 9.23. The quantitative estimate of drug-likeness (QED) is 0.465. The highest BCUT2D eigenvalue weighted by atomic mass is 35.5. The van der Waals surface area contributed by atoms with Crippen LogP contribution in [-0.4, -0.2) is 22.1 Å². The number of alkyl halides is 2. The molecule has 3 amide bonds. The van der Waals surface area contributed by atoms with Crippen molar-refractivity contribution < 1.29 is 23.2 Å². The van der Waals surface area contributed by atoms with Crippen LogP contribution in [0.2, 0.25) is 5.02 Å². The fourth-order valence-electron chi connectivity index (χ4n) is 2.75. The summed E-state index contributed by atoms with van der Waals surface area (Å²) < 4.78 is 27.7. The first-order valence-electron chi connectivity index (χ1n) is 9.42. The molecule has 33 heavy (non-hydrogen) atoms. The molecule has 3 rings (SSSR count). The molecule has 2 atom stereocenters. The van der Waals surface area contributed by atoms with Gasteiger partial charge in [-0.15, -0.1) is 23.2 Å². The number of carbonyl (C=O) groups is 3. The lowest BCUT2D eigenvalue weighted by Gasteiger charge is -2.14. The average Bonchev–Trinajstić information content (AvgIpc) is 3.41. The van der Waals surface area contributed by atoms with E-state index in [9.17, 15) is 23.2 Å². The Morgan fingerprint density at radius 1 is 1.15 bits per heavy atom. The van der Waals surface area contributed by atoms with Gasteiger partial charge in [0.2, 0.25) is 11.8 Å². The minimum atomic E-state index is -1.25. The van der Waals surface area contributed by atoms with E-state index in [-0.39, 0.29) is 16.3 Å². The van der Waals surface area contributed by atoms with Crippen LogP contribution < -0.4 is 16.0 Å². The summed E-state index contributed by atoms with van der Waals surface area (Å²) in [6, 6.07) is 7.51. The van der Waals surface area contributed by atoms with Gasteiger partial charge in [-0.2, -0.15) is 5.26 Å². The Hall–Kier alpha value is -2.93. The number of nitriles is 1. The van der Waals surface area contributed by atoms with Crippen LogP contribution in [0.1, 0.15) is 23.7 Å². The van der Waals surface area contributed by atoms with Gasteiger partial charge >= 0.3 is 0 Å². The zero-order chi connectivity index (χ0) is 24.5. The Kier molecular flexibility index (Phi) is 7.12. The van der Waals surface area contributed by atoms with Crippen molar-refractivity contribution >= 4 is 69.6 Å². The van der Waals surface area contributed by atoms with Gasteiger partial charge in [0.25, 0.3) is 5.91 Å². The number of anilines is 3. The normalized spacial score (nSPS) is 16.8. The van der Waals surface area contributed by atoms with E-state index in [2.05, 4.69) is 10.6 Å². The predicted molar refractivity (Wildman–Crippen MR) is 120 cm³/mol. The number of hydrogen-bond acceptors (Lipinski definition) is 4. The largest absolute Gasteiger partial charge is 0.326 e. The summed E-state index contributed by atoms with van der Waals surface area (Å²) in [6.45, 7) is 1.26. The summed E-state index contributed by atoms with van der Waals surface area (Å²) in [4.78, 5) is 36.7. The molecule has 0 heterocycles. The number of hydrogen-bond donors (Lipinski definition) is 3. The third-order valence-electron chi connectivity index (χ3n) is 4.80. The molecule has 3 N–H and O–H groups in total.